The molecule has 0 fully saturated rings. The van der Waals surface area contributed by atoms with Crippen LogP contribution in [-0.2, 0) is 4.79 Å². The van der Waals surface area contributed by atoms with Crippen molar-refractivity contribution in [2.45, 2.75) is 0 Å². The molecule has 0 saturated carbocycles. The van der Waals surface area contributed by atoms with Crippen molar-refractivity contribution in [2.75, 3.05) is 0 Å². The number of H-pyrrole nitrogens is 1. The normalized spacial score (nSPS) is 11.2. The average Bonchev–Trinajstić information content (AvgIpc) is 3.10. The minimum atomic E-state index is -0.492. The second-order valence-corrected chi connectivity index (χ2v) is 5.63. The number of rotatable bonds is 4. The number of nitrogens with zero attached hydrogens (tertiary/aromatic N) is 4. The topological polar surface area (TPSA) is 110 Å². The van der Waals surface area contributed by atoms with Gasteiger partial charge in [-0.3, -0.25) is 9.78 Å². The Labute approximate surface area is 148 Å². The third kappa shape index (κ3) is 3.05. The van der Waals surface area contributed by atoms with Gasteiger partial charge in [-0.2, -0.15) is 0 Å². The van der Waals surface area contributed by atoms with Crippen LogP contribution in [0.4, 0.5) is 0 Å². The minimum absolute atomic E-state index is 0.492. The van der Waals surface area contributed by atoms with Crippen molar-refractivity contribution in [3.05, 3.63) is 67.0 Å². The van der Waals surface area contributed by atoms with Crippen LogP contribution in [0.15, 0.2) is 61.5 Å². The second kappa shape index (κ2) is 6.56. The average molecular weight is 342 g/mol. The van der Waals surface area contributed by atoms with Crippen molar-refractivity contribution in [2.24, 2.45) is 5.73 Å². The molecule has 3 N–H and O–H groups in total. The van der Waals surface area contributed by atoms with Crippen LogP contribution < -0.4 is 5.73 Å². The number of nitrogens with one attached hydrogen (secondary N) is 1. The fourth-order valence-corrected chi connectivity index (χ4v) is 2.69. The third-order valence-corrected chi connectivity index (χ3v) is 3.91. The summed E-state index contributed by atoms with van der Waals surface area (Å²) in [5.74, 6) is -0.492. The highest BCUT2D eigenvalue weighted by Gasteiger charge is 2.10. The van der Waals surface area contributed by atoms with E-state index in [1.807, 2.05) is 24.4 Å². The highest BCUT2D eigenvalue weighted by Crippen LogP contribution is 2.29. The van der Waals surface area contributed by atoms with Gasteiger partial charge in [-0.15, -0.1) is 0 Å². The zero-order chi connectivity index (χ0) is 17.9. The van der Waals surface area contributed by atoms with Crippen LogP contribution in [-0.4, -0.2) is 30.8 Å². The van der Waals surface area contributed by atoms with E-state index in [1.165, 1.54) is 12.4 Å². The summed E-state index contributed by atoms with van der Waals surface area (Å²) in [6, 6.07) is 7.54. The Kier molecular flexibility index (Phi) is 3.95. The monoisotopic (exact) mass is 342 g/mol. The first kappa shape index (κ1) is 15.6. The van der Waals surface area contributed by atoms with Gasteiger partial charge in [-0.25, -0.2) is 15.0 Å². The Balaban J connectivity index is 1.78. The molecular formula is C19H14N6O. The van der Waals surface area contributed by atoms with Crippen LogP contribution in [0.2, 0.25) is 0 Å². The second-order valence-electron chi connectivity index (χ2n) is 5.63. The number of amides is 1. The number of primary amides is 1. The number of carbonyl (C=O) groups is 1. The van der Waals surface area contributed by atoms with Crippen LogP contribution in [0, 0.1) is 0 Å². The van der Waals surface area contributed by atoms with Crippen LogP contribution in [0.3, 0.4) is 0 Å². The number of nitrogens with two attached hydrogens (primary N) is 1. The van der Waals surface area contributed by atoms with Crippen LogP contribution >= 0.6 is 0 Å². The van der Waals surface area contributed by atoms with Gasteiger partial charge in [0.2, 0.25) is 5.91 Å². The molecule has 4 heterocycles. The fourth-order valence-electron chi connectivity index (χ4n) is 2.69. The van der Waals surface area contributed by atoms with Crippen molar-refractivity contribution >= 4 is 23.0 Å². The molecule has 0 bridgehead atoms. The molecule has 4 aromatic rings. The van der Waals surface area contributed by atoms with E-state index in [1.54, 1.807) is 30.7 Å². The van der Waals surface area contributed by atoms with Gasteiger partial charge < -0.3 is 10.7 Å². The van der Waals surface area contributed by atoms with Gasteiger partial charge in [0.15, 0.2) is 0 Å². The van der Waals surface area contributed by atoms with Gasteiger partial charge in [0.1, 0.15) is 12.0 Å². The number of carbonyl (C=O) groups excluding carboxylic acids is 1. The third-order valence-electron chi connectivity index (χ3n) is 3.91. The number of fused-ring (bicyclic) bond motifs is 1. The van der Waals surface area contributed by atoms with E-state index in [0.29, 0.717) is 0 Å². The molecule has 0 saturated heterocycles. The van der Waals surface area contributed by atoms with Gasteiger partial charge >= 0.3 is 0 Å². The first-order chi connectivity index (χ1) is 12.7. The van der Waals surface area contributed by atoms with Gasteiger partial charge in [0.05, 0.1) is 11.4 Å². The zero-order valence-corrected chi connectivity index (χ0v) is 13.6. The van der Waals surface area contributed by atoms with Gasteiger partial charge in [-0.1, -0.05) is 0 Å². The summed E-state index contributed by atoms with van der Waals surface area (Å²) in [5.41, 5.74) is 10.1. The predicted molar refractivity (Wildman–Crippen MR) is 98.6 cm³/mol. The van der Waals surface area contributed by atoms with E-state index in [4.69, 9.17) is 5.73 Å². The quantitative estimate of drug-likeness (QED) is 0.554. The standard InChI is InChI=1S/C19H14N6O/c20-18(26)2-1-12-3-6-22-17(7-12)13-8-14-15(10-24-19(14)23-9-13)16-4-5-21-11-25-16/h1-11H,(H2,20,26)(H,23,24)/b2-1+. The molecule has 4 aromatic heterocycles. The molecule has 0 spiro atoms. The minimum Gasteiger partial charge on any atom is -0.366 e. The Morgan fingerprint density at radius 3 is 2.81 bits per heavy atom. The number of hydrogen-bond donors (Lipinski definition) is 2. The molecule has 0 aromatic carbocycles. The molecule has 7 heteroatoms. The lowest BCUT2D eigenvalue weighted by Gasteiger charge is -2.03. The summed E-state index contributed by atoms with van der Waals surface area (Å²) >= 11 is 0. The number of hydrogen-bond acceptors (Lipinski definition) is 5. The van der Waals surface area contributed by atoms with Crippen molar-refractivity contribution in [3.8, 4) is 22.5 Å². The Morgan fingerprint density at radius 1 is 1.08 bits per heavy atom. The van der Waals surface area contributed by atoms with E-state index in [-0.39, 0.29) is 0 Å². The van der Waals surface area contributed by atoms with Crippen LogP contribution in [0.25, 0.3) is 39.6 Å². The highest BCUT2D eigenvalue weighted by atomic mass is 16.1. The maximum atomic E-state index is 10.9. The summed E-state index contributed by atoms with van der Waals surface area (Å²) in [6.45, 7) is 0. The molecule has 7 nitrogen and oxygen atoms in total. The molecule has 0 aliphatic rings. The summed E-state index contributed by atoms with van der Waals surface area (Å²) in [7, 11) is 0. The summed E-state index contributed by atoms with van der Waals surface area (Å²) < 4.78 is 0. The number of pyridine rings is 2. The Morgan fingerprint density at radius 2 is 2.00 bits per heavy atom. The molecule has 4 rings (SSSR count). The molecule has 0 atom stereocenters. The predicted octanol–water partition coefficient (Wildman–Crippen LogP) is 2.58. The van der Waals surface area contributed by atoms with Crippen molar-refractivity contribution in [1.29, 1.82) is 0 Å². The molecule has 0 aliphatic carbocycles. The van der Waals surface area contributed by atoms with E-state index >= 15 is 0 Å². The van der Waals surface area contributed by atoms with E-state index in [2.05, 4.69) is 24.9 Å². The van der Waals surface area contributed by atoms with Crippen LogP contribution in [0.5, 0.6) is 0 Å². The largest absolute Gasteiger partial charge is 0.366 e. The summed E-state index contributed by atoms with van der Waals surface area (Å²) in [4.78, 5) is 31.2. The molecule has 0 unspecified atom stereocenters. The van der Waals surface area contributed by atoms with E-state index in [0.717, 1.165) is 39.1 Å². The lowest BCUT2D eigenvalue weighted by Crippen LogP contribution is -2.05. The highest BCUT2D eigenvalue weighted by molar-refractivity contribution is 5.94. The lowest BCUT2D eigenvalue weighted by atomic mass is 10.1. The maximum Gasteiger partial charge on any atom is 0.241 e. The molecule has 26 heavy (non-hydrogen) atoms. The van der Waals surface area contributed by atoms with Gasteiger partial charge in [0, 0.05) is 47.4 Å². The van der Waals surface area contributed by atoms with Crippen molar-refractivity contribution in [3.63, 3.8) is 0 Å². The molecular weight excluding hydrogens is 328 g/mol. The van der Waals surface area contributed by atoms with Crippen LogP contribution in [0.1, 0.15) is 5.56 Å². The smallest absolute Gasteiger partial charge is 0.241 e. The van der Waals surface area contributed by atoms with Crippen molar-refractivity contribution in [1.82, 2.24) is 24.9 Å². The number of aromatic amines is 1. The molecule has 1 amide bonds. The molecule has 0 aliphatic heterocycles. The number of aromatic nitrogens is 5. The first-order valence-electron chi connectivity index (χ1n) is 7.88. The SMILES string of the molecule is NC(=O)/C=C/c1ccnc(-c2cnc3[nH]cc(-c4ccncn4)c3c2)c1. The maximum absolute atomic E-state index is 10.9. The Hall–Kier alpha value is -3.87. The molecule has 0 radical (unpaired) electrons. The van der Waals surface area contributed by atoms with E-state index in [9.17, 15) is 4.79 Å². The van der Waals surface area contributed by atoms with Crippen molar-refractivity contribution < 1.29 is 4.79 Å². The first-order valence-corrected chi connectivity index (χ1v) is 7.88. The fraction of sp³-hybridized carbons (Fsp3) is 0. The summed E-state index contributed by atoms with van der Waals surface area (Å²) in [5, 5.41) is 0.945. The van der Waals surface area contributed by atoms with E-state index < -0.39 is 5.91 Å². The summed E-state index contributed by atoms with van der Waals surface area (Å²) in [6.07, 6.45) is 11.5. The van der Waals surface area contributed by atoms with Gasteiger partial charge in [0.25, 0.3) is 0 Å². The Bertz CT molecular complexity index is 1120. The molecule has 126 valence electrons. The van der Waals surface area contributed by atoms with Gasteiger partial charge in [-0.05, 0) is 35.9 Å². The zero-order valence-electron chi connectivity index (χ0n) is 13.6. The lowest BCUT2D eigenvalue weighted by molar-refractivity contribution is -0.113.